The maximum atomic E-state index is 12.0. The van der Waals surface area contributed by atoms with Crippen LogP contribution in [-0.2, 0) is 5.41 Å². The Kier molecular flexibility index (Phi) is 6.16. The molecule has 30 heavy (non-hydrogen) atoms. The quantitative estimate of drug-likeness (QED) is 0.543. The summed E-state index contributed by atoms with van der Waals surface area (Å²) >= 11 is 6.44. The molecule has 3 N–H and O–H groups in total. The van der Waals surface area contributed by atoms with Gasteiger partial charge in [0.05, 0.1) is 11.1 Å². The molecule has 158 valence electrons. The number of hydrogen-bond acceptors (Lipinski definition) is 3. The van der Waals surface area contributed by atoms with E-state index in [2.05, 4.69) is 42.2 Å². The predicted molar refractivity (Wildman–Crippen MR) is 123 cm³/mol. The van der Waals surface area contributed by atoms with Crippen molar-refractivity contribution >= 4 is 22.4 Å². The van der Waals surface area contributed by atoms with Crippen LogP contribution in [0.5, 0.6) is 5.75 Å². The fraction of sp³-hybridized carbons (Fsp3) is 0.400. The molecule has 5 heteroatoms. The second kappa shape index (κ2) is 8.83. The van der Waals surface area contributed by atoms with Crippen molar-refractivity contribution in [3.63, 3.8) is 0 Å². The number of hydrogen-bond donors (Lipinski definition) is 2. The van der Waals surface area contributed by atoms with Gasteiger partial charge in [0.15, 0.2) is 0 Å². The second-order valence-electron chi connectivity index (χ2n) is 8.41. The Bertz CT molecular complexity index is 1060. The van der Waals surface area contributed by atoms with Gasteiger partial charge in [0.2, 0.25) is 0 Å². The second-order valence-corrected chi connectivity index (χ2v) is 8.82. The zero-order valence-corrected chi connectivity index (χ0v) is 18.1. The molecule has 1 fully saturated rings. The number of benzene rings is 2. The van der Waals surface area contributed by atoms with E-state index >= 15 is 0 Å². The van der Waals surface area contributed by atoms with Crippen molar-refractivity contribution in [3.8, 4) is 5.75 Å². The van der Waals surface area contributed by atoms with Gasteiger partial charge in [0.1, 0.15) is 5.75 Å². The third kappa shape index (κ3) is 3.99. The molecular weight excluding hydrogens is 396 g/mol. The number of pyridine rings is 1. The van der Waals surface area contributed by atoms with E-state index in [0.29, 0.717) is 16.2 Å². The highest BCUT2D eigenvalue weighted by molar-refractivity contribution is 6.32. The summed E-state index contributed by atoms with van der Waals surface area (Å²) in [5.74, 6) is 0.643. The van der Waals surface area contributed by atoms with Gasteiger partial charge in [0, 0.05) is 23.0 Å². The monoisotopic (exact) mass is 424 g/mol. The van der Waals surface area contributed by atoms with Crippen LogP contribution in [0.4, 0.5) is 0 Å². The summed E-state index contributed by atoms with van der Waals surface area (Å²) in [6.07, 6.45) is 7.68. The van der Waals surface area contributed by atoms with Crippen LogP contribution in [0, 0.1) is 0 Å². The number of aromatic amines is 1. The van der Waals surface area contributed by atoms with Crippen LogP contribution >= 0.6 is 11.6 Å². The van der Waals surface area contributed by atoms with Gasteiger partial charge in [-0.1, -0.05) is 55.3 Å². The van der Waals surface area contributed by atoms with Crippen LogP contribution in [-0.4, -0.2) is 17.1 Å². The summed E-state index contributed by atoms with van der Waals surface area (Å²) in [5.41, 5.74) is 7.93. The molecule has 0 spiro atoms. The van der Waals surface area contributed by atoms with Crippen LogP contribution in [0.1, 0.15) is 51.0 Å². The van der Waals surface area contributed by atoms with Gasteiger partial charge in [-0.15, -0.1) is 0 Å². The summed E-state index contributed by atoms with van der Waals surface area (Å²) in [5, 5.41) is 1.88. The Labute approximate surface area is 182 Å². The van der Waals surface area contributed by atoms with Crippen molar-refractivity contribution in [1.29, 1.82) is 0 Å². The normalized spacial score (nSPS) is 22.7. The lowest BCUT2D eigenvalue weighted by atomic mass is 9.63. The molecule has 1 aliphatic rings. The number of nitrogens with one attached hydrogen (secondary N) is 1. The molecule has 1 atom stereocenters. The van der Waals surface area contributed by atoms with E-state index in [1.807, 2.05) is 12.1 Å². The number of H-pyrrole nitrogens is 1. The standard InChI is InChI=1S/C25H29ClN2O2/c1-2-6-23(27)25(18-7-4-3-5-8-18)12-9-19(10-13-25)30-22-15-17-11-14-28-24(29)20(17)16-21(22)26/h3-5,7-8,11,14-16,19,23H,2,6,9-10,12-13,27H2,1H3,(H,28,29)/t19?,23-,25?/m0/s1. The van der Waals surface area contributed by atoms with E-state index in [-0.39, 0.29) is 23.1 Å². The Hall–Kier alpha value is -2.30. The first kappa shape index (κ1) is 21.0. The first-order chi connectivity index (χ1) is 14.5. The molecule has 1 heterocycles. The lowest BCUT2D eigenvalue weighted by Crippen LogP contribution is -2.49. The third-order valence-electron chi connectivity index (χ3n) is 6.60. The predicted octanol–water partition coefficient (Wildman–Crippen LogP) is 5.57. The van der Waals surface area contributed by atoms with Crippen LogP contribution in [0.25, 0.3) is 10.8 Å². The van der Waals surface area contributed by atoms with E-state index in [1.165, 1.54) is 5.56 Å². The summed E-state index contributed by atoms with van der Waals surface area (Å²) in [7, 11) is 0. The molecular formula is C25H29ClN2O2. The molecule has 0 unspecified atom stereocenters. The molecule has 0 aliphatic heterocycles. The van der Waals surface area contributed by atoms with Crippen LogP contribution in [0.2, 0.25) is 5.02 Å². The molecule has 2 aromatic carbocycles. The van der Waals surface area contributed by atoms with Crippen LogP contribution in [0.3, 0.4) is 0 Å². The Balaban J connectivity index is 1.54. The molecule has 0 bridgehead atoms. The van der Waals surface area contributed by atoms with Gasteiger partial charge >= 0.3 is 0 Å². The van der Waals surface area contributed by atoms with Crippen molar-refractivity contribution in [2.24, 2.45) is 5.73 Å². The number of rotatable bonds is 6. The van der Waals surface area contributed by atoms with Crippen LogP contribution in [0.15, 0.2) is 59.5 Å². The lowest BCUT2D eigenvalue weighted by Gasteiger charge is -2.45. The Morgan fingerprint density at radius 2 is 1.93 bits per heavy atom. The highest BCUT2D eigenvalue weighted by Gasteiger charge is 2.41. The van der Waals surface area contributed by atoms with Crippen molar-refractivity contribution in [3.05, 3.63) is 75.7 Å². The topological polar surface area (TPSA) is 68.1 Å². The van der Waals surface area contributed by atoms with Crippen molar-refractivity contribution < 1.29 is 4.74 Å². The van der Waals surface area contributed by atoms with E-state index < -0.39 is 0 Å². The zero-order valence-electron chi connectivity index (χ0n) is 17.4. The SMILES string of the molecule is CCC[C@H](N)C1(c2ccccc2)CCC(Oc2cc3cc[nH]c(=O)c3cc2Cl)CC1. The van der Waals surface area contributed by atoms with Gasteiger partial charge in [-0.25, -0.2) is 0 Å². The van der Waals surface area contributed by atoms with Crippen molar-refractivity contribution in [1.82, 2.24) is 4.98 Å². The molecule has 1 aliphatic carbocycles. The Morgan fingerprint density at radius 3 is 2.63 bits per heavy atom. The average Bonchev–Trinajstić information content (AvgIpc) is 2.76. The fourth-order valence-corrected chi connectivity index (χ4v) is 5.12. The number of halogens is 1. The van der Waals surface area contributed by atoms with Gasteiger partial charge in [0.25, 0.3) is 5.56 Å². The molecule has 0 saturated heterocycles. The smallest absolute Gasteiger partial charge is 0.255 e. The molecule has 3 aromatic rings. The van der Waals surface area contributed by atoms with E-state index in [4.69, 9.17) is 22.1 Å². The van der Waals surface area contributed by atoms with Crippen LogP contribution < -0.4 is 16.0 Å². The minimum Gasteiger partial charge on any atom is -0.489 e. The average molecular weight is 425 g/mol. The molecule has 0 radical (unpaired) electrons. The highest BCUT2D eigenvalue weighted by Crippen LogP contribution is 2.44. The fourth-order valence-electron chi connectivity index (χ4n) is 4.91. The summed E-state index contributed by atoms with van der Waals surface area (Å²) < 4.78 is 6.32. The molecule has 4 rings (SSSR count). The maximum absolute atomic E-state index is 12.0. The highest BCUT2D eigenvalue weighted by atomic mass is 35.5. The molecule has 1 aromatic heterocycles. The number of ether oxygens (including phenoxy) is 1. The van der Waals surface area contributed by atoms with E-state index in [9.17, 15) is 4.79 Å². The maximum Gasteiger partial charge on any atom is 0.255 e. The minimum absolute atomic E-state index is 0.00238. The molecule has 4 nitrogen and oxygen atoms in total. The molecule has 0 amide bonds. The first-order valence-electron chi connectivity index (χ1n) is 10.8. The van der Waals surface area contributed by atoms with E-state index in [1.54, 1.807) is 12.3 Å². The van der Waals surface area contributed by atoms with E-state index in [0.717, 1.165) is 43.9 Å². The minimum atomic E-state index is -0.142. The van der Waals surface area contributed by atoms with Crippen molar-refractivity contribution in [2.75, 3.05) is 0 Å². The summed E-state index contributed by atoms with van der Waals surface area (Å²) in [4.78, 5) is 14.7. The lowest BCUT2D eigenvalue weighted by molar-refractivity contribution is 0.103. The molecule has 1 saturated carbocycles. The third-order valence-corrected chi connectivity index (χ3v) is 6.90. The first-order valence-corrected chi connectivity index (χ1v) is 11.2. The van der Waals surface area contributed by atoms with Gasteiger partial charge in [-0.3, -0.25) is 4.79 Å². The largest absolute Gasteiger partial charge is 0.489 e. The summed E-state index contributed by atoms with van der Waals surface area (Å²) in [6.45, 7) is 2.19. The van der Waals surface area contributed by atoms with Gasteiger partial charge in [-0.2, -0.15) is 0 Å². The number of nitrogens with two attached hydrogens (primary N) is 1. The zero-order chi connectivity index (χ0) is 21.1. The number of fused-ring (bicyclic) bond motifs is 1. The van der Waals surface area contributed by atoms with Gasteiger partial charge in [-0.05, 0) is 61.3 Å². The Morgan fingerprint density at radius 1 is 1.20 bits per heavy atom. The summed E-state index contributed by atoms with van der Waals surface area (Å²) in [6, 6.07) is 16.3. The number of aromatic nitrogens is 1. The van der Waals surface area contributed by atoms with Crippen molar-refractivity contribution in [2.45, 2.75) is 63.0 Å². The van der Waals surface area contributed by atoms with Gasteiger partial charge < -0.3 is 15.5 Å².